The Balaban J connectivity index is 4.26. The fourth-order valence-corrected chi connectivity index (χ4v) is 9.65. The van der Waals surface area contributed by atoms with Crippen molar-refractivity contribution >= 4 is 17.9 Å². The number of esters is 3. The summed E-state index contributed by atoms with van der Waals surface area (Å²) in [5, 5.41) is 0. The zero-order chi connectivity index (χ0) is 51.4. The van der Waals surface area contributed by atoms with E-state index >= 15 is 0 Å². The lowest BCUT2D eigenvalue weighted by atomic mass is 10.0. The van der Waals surface area contributed by atoms with E-state index in [4.69, 9.17) is 14.2 Å². The highest BCUT2D eigenvalue weighted by Crippen LogP contribution is 2.18. The standard InChI is InChI=1S/C65H122O6/c1-4-7-10-13-16-19-22-25-28-29-30-31-32-33-34-35-38-40-43-46-49-52-55-58-64(67)70-61-62(71-65(68)59-56-53-50-47-44-41-37-27-24-21-18-15-12-9-6-3)60-69-63(66)57-54-51-48-45-42-39-36-26-23-20-17-14-11-8-5-2/h18,21,27,37,62H,4-17,19-20,22-26,28-36,38-61H2,1-3H3/b21-18-,37-27-. The van der Waals surface area contributed by atoms with E-state index in [1.807, 2.05) is 0 Å². The molecule has 0 saturated carbocycles. The summed E-state index contributed by atoms with van der Waals surface area (Å²) in [7, 11) is 0. The van der Waals surface area contributed by atoms with Gasteiger partial charge in [0, 0.05) is 19.3 Å². The van der Waals surface area contributed by atoms with Gasteiger partial charge in [-0.25, -0.2) is 0 Å². The highest BCUT2D eigenvalue weighted by atomic mass is 16.6. The number of hydrogen-bond donors (Lipinski definition) is 0. The van der Waals surface area contributed by atoms with Crippen molar-refractivity contribution in [1.29, 1.82) is 0 Å². The Hall–Kier alpha value is -2.11. The van der Waals surface area contributed by atoms with Gasteiger partial charge in [0.15, 0.2) is 6.10 Å². The molecule has 0 fully saturated rings. The van der Waals surface area contributed by atoms with Gasteiger partial charge in [-0.2, -0.15) is 0 Å². The molecule has 0 bridgehead atoms. The molecule has 0 amide bonds. The highest BCUT2D eigenvalue weighted by Gasteiger charge is 2.19. The lowest BCUT2D eigenvalue weighted by molar-refractivity contribution is -0.167. The van der Waals surface area contributed by atoms with Crippen molar-refractivity contribution in [2.24, 2.45) is 0 Å². The Morgan fingerprint density at radius 3 is 0.803 bits per heavy atom. The first kappa shape index (κ1) is 68.9. The summed E-state index contributed by atoms with van der Waals surface area (Å²) in [5.41, 5.74) is 0. The van der Waals surface area contributed by atoms with Crippen molar-refractivity contribution in [3.05, 3.63) is 24.3 Å². The van der Waals surface area contributed by atoms with Crippen LogP contribution in [0.5, 0.6) is 0 Å². The van der Waals surface area contributed by atoms with Crippen LogP contribution in [-0.2, 0) is 28.6 Å². The zero-order valence-electron chi connectivity index (χ0n) is 48.0. The van der Waals surface area contributed by atoms with E-state index in [0.717, 1.165) is 77.0 Å². The van der Waals surface area contributed by atoms with Crippen LogP contribution in [0.15, 0.2) is 24.3 Å². The molecule has 0 radical (unpaired) electrons. The van der Waals surface area contributed by atoms with Crippen LogP contribution in [0.25, 0.3) is 0 Å². The fourth-order valence-electron chi connectivity index (χ4n) is 9.65. The quantitative estimate of drug-likeness (QED) is 0.0261. The van der Waals surface area contributed by atoms with Crippen LogP contribution in [0, 0.1) is 0 Å². The topological polar surface area (TPSA) is 78.9 Å². The minimum absolute atomic E-state index is 0.0711. The Morgan fingerprint density at radius 2 is 0.507 bits per heavy atom. The molecule has 1 atom stereocenters. The second kappa shape index (κ2) is 60.4. The van der Waals surface area contributed by atoms with E-state index < -0.39 is 6.10 Å². The summed E-state index contributed by atoms with van der Waals surface area (Å²) in [6, 6.07) is 0. The van der Waals surface area contributed by atoms with Crippen molar-refractivity contribution in [2.45, 2.75) is 361 Å². The molecular formula is C65H122O6. The number of carbonyl (C=O) groups is 3. The predicted octanol–water partition coefficient (Wildman–Crippen LogP) is 21.4. The Bertz CT molecular complexity index is 1150. The molecule has 0 aromatic heterocycles. The normalized spacial score (nSPS) is 12.1. The molecule has 0 spiro atoms. The van der Waals surface area contributed by atoms with E-state index in [1.165, 1.54) is 238 Å². The monoisotopic (exact) mass is 999 g/mol. The molecular weight excluding hydrogens is 877 g/mol. The molecule has 6 heteroatoms. The summed E-state index contributed by atoms with van der Waals surface area (Å²) < 4.78 is 16.9. The highest BCUT2D eigenvalue weighted by molar-refractivity contribution is 5.71. The van der Waals surface area contributed by atoms with Gasteiger partial charge in [0.2, 0.25) is 0 Å². The molecule has 1 unspecified atom stereocenters. The summed E-state index contributed by atoms with van der Waals surface area (Å²) >= 11 is 0. The van der Waals surface area contributed by atoms with Gasteiger partial charge in [0.25, 0.3) is 0 Å². The van der Waals surface area contributed by atoms with Crippen molar-refractivity contribution in [2.75, 3.05) is 13.2 Å². The number of rotatable bonds is 59. The van der Waals surface area contributed by atoms with E-state index in [-0.39, 0.29) is 31.1 Å². The molecule has 0 heterocycles. The van der Waals surface area contributed by atoms with Crippen LogP contribution in [-0.4, -0.2) is 37.2 Å². The minimum atomic E-state index is -0.774. The molecule has 0 rings (SSSR count). The first-order valence-corrected chi connectivity index (χ1v) is 31.8. The molecule has 0 aliphatic rings. The number of allylic oxidation sites excluding steroid dienone is 4. The second-order valence-electron chi connectivity index (χ2n) is 21.7. The molecule has 0 aromatic rings. The van der Waals surface area contributed by atoms with Gasteiger partial charge in [-0.05, 0) is 51.4 Å². The van der Waals surface area contributed by atoms with Crippen LogP contribution in [0.1, 0.15) is 355 Å². The molecule has 71 heavy (non-hydrogen) atoms. The van der Waals surface area contributed by atoms with Gasteiger partial charge in [-0.3, -0.25) is 14.4 Å². The van der Waals surface area contributed by atoms with Gasteiger partial charge < -0.3 is 14.2 Å². The maximum atomic E-state index is 12.9. The average molecular weight is 1000 g/mol. The number of unbranched alkanes of at least 4 members (excludes halogenated alkanes) is 44. The first-order chi connectivity index (χ1) is 35.0. The van der Waals surface area contributed by atoms with Crippen LogP contribution in [0.3, 0.4) is 0 Å². The zero-order valence-corrected chi connectivity index (χ0v) is 48.0. The van der Waals surface area contributed by atoms with Gasteiger partial charge in [0.1, 0.15) is 13.2 Å². The smallest absolute Gasteiger partial charge is 0.306 e. The van der Waals surface area contributed by atoms with Crippen molar-refractivity contribution in [1.82, 2.24) is 0 Å². The maximum Gasteiger partial charge on any atom is 0.306 e. The Labute approximate surface area is 443 Å². The van der Waals surface area contributed by atoms with Crippen molar-refractivity contribution in [3.8, 4) is 0 Å². The number of ether oxygens (including phenoxy) is 3. The van der Waals surface area contributed by atoms with Gasteiger partial charge in [-0.15, -0.1) is 0 Å². The van der Waals surface area contributed by atoms with E-state index in [1.54, 1.807) is 0 Å². The molecule has 0 aliphatic heterocycles. The van der Waals surface area contributed by atoms with Crippen LogP contribution in [0.2, 0.25) is 0 Å². The van der Waals surface area contributed by atoms with Gasteiger partial charge in [-0.1, -0.05) is 308 Å². The lowest BCUT2D eigenvalue weighted by Crippen LogP contribution is -2.30. The summed E-state index contributed by atoms with van der Waals surface area (Å²) in [5.74, 6) is -0.858. The van der Waals surface area contributed by atoms with E-state index in [0.29, 0.717) is 19.3 Å². The molecule has 0 N–H and O–H groups in total. The minimum Gasteiger partial charge on any atom is -0.462 e. The first-order valence-electron chi connectivity index (χ1n) is 31.8. The average Bonchev–Trinajstić information content (AvgIpc) is 3.37. The summed E-state index contributed by atoms with van der Waals surface area (Å²) in [6.45, 7) is 6.67. The van der Waals surface area contributed by atoms with Crippen LogP contribution >= 0.6 is 0 Å². The molecule has 0 saturated heterocycles. The second-order valence-corrected chi connectivity index (χ2v) is 21.7. The lowest BCUT2D eigenvalue weighted by Gasteiger charge is -2.18. The van der Waals surface area contributed by atoms with E-state index in [2.05, 4.69) is 45.1 Å². The van der Waals surface area contributed by atoms with Crippen LogP contribution in [0.4, 0.5) is 0 Å². The van der Waals surface area contributed by atoms with Gasteiger partial charge in [0.05, 0.1) is 0 Å². The molecule has 418 valence electrons. The van der Waals surface area contributed by atoms with Crippen LogP contribution < -0.4 is 0 Å². The van der Waals surface area contributed by atoms with E-state index in [9.17, 15) is 14.4 Å². The fraction of sp³-hybridized carbons (Fsp3) is 0.892. The van der Waals surface area contributed by atoms with Crippen molar-refractivity contribution < 1.29 is 28.6 Å². The SMILES string of the molecule is CCCCC/C=C\C/C=C\CCCCCCCC(=O)OC(COC(=O)CCCCCCCCCCCCCCCCC)COC(=O)CCCCCCCCCCCCCCCCCCCCCCCCC. The third kappa shape index (κ3) is 58.7. The third-order valence-electron chi connectivity index (χ3n) is 14.5. The molecule has 0 aliphatic carbocycles. The van der Waals surface area contributed by atoms with Crippen molar-refractivity contribution in [3.63, 3.8) is 0 Å². The Kier molecular flexibility index (Phi) is 58.6. The summed E-state index contributed by atoms with van der Waals surface area (Å²) in [6.07, 6.45) is 71.8. The molecule has 0 aromatic carbocycles. The number of hydrogen-bond acceptors (Lipinski definition) is 6. The number of carbonyl (C=O) groups excluding carboxylic acids is 3. The molecule has 6 nitrogen and oxygen atoms in total. The summed E-state index contributed by atoms with van der Waals surface area (Å²) in [4.78, 5) is 38.3. The largest absolute Gasteiger partial charge is 0.462 e. The predicted molar refractivity (Wildman–Crippen MR) is 307 cm³/mol. The third-order valence-corrected chi connectivity index (χ3v) is 14.5. The maximum absolute atomic E-state index is 12.9. The van der Waals surface area contributed by atoms with Gasteiger partial charge >= 0.3 is 17.9 Å². The Morgan fingerprint density at radius 1 is 0.282 bits per heavy atom.